The summed E-state index contributed by atoms with van der Waals surface area (Å²) in [5.41, 5.74) is 2.81. The number of amides is 1. The summed E-state index contributed by atoms with van der Waals surface area (Å²) in [7, 11) is 0. The zero-order chi connectivity index (χ0) is 19.7. The monoisotopic (exact) mass is 389 g/mol. The molecule has 2 aliphatic heterocycles. The molecule has 2 aliphatic rings. The van der Waals surface area contributed by atoms with Gasteiger partial charge in [0.05, 0.1) is 6.54 Å². The van der Waals surface area contributed by atoms with E-state index in [4.69, 9.17) is 0 Å². The number of benzene rings is 2. The topological polar surface area (TPSA) is 54.0 Å². The van der Waals surface area contributed by atoms with Crippen LogP contribution < -0.4 is 19.7 Å². The maximum Gasteiger partial charge on any atom is 0.586 e. The fourth-order valence-corrected chi connectivity index (χ4v) is 3.42. The fraction of sp³-hybridized carbons (Fsp3) is 0.350. The van der Waals surface area contributed by atoms with E-state index in [-0.39, 0.29) is 24.0 Å². The van der Waals surface area contributed by atoms with Crippen LogP contribution in [0.1, 0.15) is 5.56 Å². The van der Waals surface area contributed by atoms with E-state index in [1.54, 1.807) is 0 Å². The highest BCUT2D eigenvalue weighted by atomic mass is 19.3. The Labute approximate surface area is 161 Å². The van der Waals surface area contributed by atoms with Gasteiger partial charge in [-0.05, 0) is 36.8 Å². The molecule has 28 heavy (non-hydrogen) atoms. The van der Waals surface area contributed by atoms with E-state index >= 15 is 0 Å². The average Bonchev–Trinajstić information content (AvgIpc) is 2.95. The Bertz CT molecular complexity index is 883. The predicted molar refractivity (Wildman–Crippen MR) is 101 cm³/mol. The lowest BCUT2D eigenvalue weighted by atomic mass is 10.2. The highest BCUT2D eigenvalue weighted by molar-refractivity contribution is 5.92. The van der Waals surface area contributed by atoms with Crippen LogP contribution in [0.2, 0.25) is 0 Å². The molecule has 2 aromatic carbocycles. The minimum atomic E-state index is -3.66. The molecule has 1 fully saturated rings. The second-order valence-electron chi connectivity index (χ2n) is 6.98. The van der Waals surface area contributed by atoms with Crippen LogP contribution in [0.4, 0.5) is 20.2 Å². The van der Waals surface area contributed by atoms with Crippen molar-refractivity contribution in [3.63, 3.8) is 0 Å². The smallest absolute Gasteiger partial charge is 0.395 e. The summed E-state index contributed by atoms with van der Waals surface area (Å²) in [5, 5.41) is 2.72. The van der Waals surface area contributed by atoms with Crippen LogP contribution in [0.5, 0.6) is 11.5 Å². The average molecular weight is 389 g/mol. The van der Waals surface area contributed by atoms with Crippen molar-refractivity contribution in [3.05, 3.63) is 48.0 Å². The number of piperazine rings is 1. The molecule has 0 spiro atoms. The minimum absolute atomic E-state index is 0.0460. The molecule has 0 aromatic heterocycles. The number of alkyl halides is 2. The lowest BCUT2D eigenvalue weighted by Gasteiger charge is -2.35. The summed E-state index contributed by atoms with van der Waals surface area (Å²) in [6.45, 7) is 5.54. The number of aryl methyl sites for hydroxylation is 1. The van der Waals surface area contributed by atoms with Gasteiger partial charge in [-0.15, -0.1) is 8.78 Å². The Balaban J connectivity index is 1.29. The summed E-state index contributed by atoms with van der Waals surface area (Å²) in [6, 6.07) is 12.6. The van der Waals surface area contributed by atoms with Crippen LogP contribution in [0, 0.1) is 6.92 Å². The molecule has 1 saturated heterocycles. The van der Waals surface area contributed by atoms with Gasteiger partial charge in [0.25, 0.3) is 0 Å². The van der Waals surface area contributed by atoms with E-state index in [2.05, 4.69) is 49.7 Å². The summed E-state index contributed by atoms with van der Waals surface area (Å²) in [5.74, 6) is -0.334. The number of carbonyl (C=O) groups excluding carboxylic acids is 1. The van der Waals surface area contributed by atoms with Crippen molar-refractivity contribution in [1.29, 1.82) is 0 Å². The molecular weight excluding hydrogens is 368 g/mol. The molecule has 2 aromatic rings. The van der Waals surface area contributed by atoms with Gasteiger partial charge in [0.1, 0.15) is 0 Å². The Hall–Kier alpha value is -2.87. The molecule has 0 atom stereocenters. The first-order valence-corrected chi connectivity index (χ1v) is 9.12. The molecule has 1 N–H and O–H groups in total. The SMILES string of the molecule is Cc1cccc(N2CCN(CC(=O)Nc3ccc4c(c3)OC(F)(F)O4)CC2)c1. The number of rotatable bonds is 4. The molecule has 0 radical (unpaired) electrons. The van der Waals surface area contributed by atoms with E-state index < -0.39 is 6.29 Å². The standard InChI is InChI=1S/C20H21F2N3O3/c1-14-3-2-4-16(11-14)25-9-7-24(8-10-25)13-19(26)23-15-5-6-17-18(12-15)28-20(21,22)27-17/h2-6,11-12H,7-10,13H2,1H3,(H,23,26). The van der Waals surface area contributed by atoms with Crippen LogP contribution in [0.3, 0.4) is 0 Å². The third-order valence-corrected chi connectivity index (χ3v) is 4.79. The molecule has 6 nitrogen and oxygen atoms in total. The summed E-state index contributed by atoms with van der Waals surface area (Å²) >= 11 is 0. The van der Waals surface area contributed by atoms with Gasteiger partial charge in [-0.25, -0.2) is 0 Å². The van der Waals surface area contributed by atoms with Crippen molar-refractivity contribution in [3.8, 4) is 11.5 Å². The van der Waals surface area contributed by atoms with E-state index in [9.17, 15) is 13.6 Å². The number of hydrogen-bond donors (Lipinski definition) is 1. The van der Waals surface area contributed by atoms with Crippen LogP contribution in [-0.4, -0.2) is 49.8 Å². The number of halogens is 2. The number of fused-ring (bicyclic) bond motifs is 1. The fourth-order valence-electron chi connectivity index (χ4n) is 3.42. The van der Waals surface area contributed by atoms with Gasteiger partial charge < -0.3 is 19.7 Å². The first-order valence-electron chi connectivity index (χ1n) is 9.12. The van der Waals surface area contributed by atoms with Crippen LogP contribution in [0.15, 0.2) is 42.5 Å². The third kappa shape index (κ3) is 4.17. The molecule has 1 amide bonds. The number of hydrogen-bond acceptors (Lipinski definition) is 5. The van der Waals surface area contributed by atoms with Gasteiger partial charge in [0, 0.05) is 43.6 Å². The number of nitrogens with one attached hydrogen (secondary N) is 1. The van der Waals surface area contributed by atoms with Crippen LogP contribution >= 0.6 is 0 Å². The molecule has 8 heteroatoms. The van der Waals surface area contributed by atoms with E-state index in [1.807, 2.05) is 6.07 Å². The van der Waals surface area contributed by atoms with Gasteiger partial charge in [-0.2, -0.15) is 0 Å². The molecule has 0 saturated carbocycles. The summed E-state index contributed by atoms with van der Waals surface area (Å²) < 4.78 is 34.9. The van der Waals surface area contributed by atoms with Gasteiger partial charge in [-0.1, -0.05) is 12.1 Å². The molecular formula is C20H21F2N3O3. The van der Waals surface area contributed by atoms with Gasteiger partial charge in [0.2, 0.25) is 5.91 Å². The zero-order valence-corrected chi connectivity index (χ0v) is 15.5. The quantitative estimate of drug-likeness (QED) is 0.871. The summed E-state index contributed by atoms with van der Waals surface area (Å²) in [6.07, 6.45) is -3.66. The predicted octanol–water partition coefficient (Wildman–Crippen LogP) is 3.08. The second kappa shape index (κ2) is 7.27. The number of carbonyl (C=O) groups is 1. The third-order valence-electron chi connectivity index (χ3n) is 4.79. The van der Waals surface area contributed by atoms with Crippen molar-refractivity contribution in [1.82, 2.24) is 4.90 Å². The Morgan fingerprint density at radius 2 is 1.82 bits per heavy atom. The lowest BCUT2D eigenvalue weighted by molar-refractivity contribution is -0.286. The van der Waals surface area contributed by atoms with Gasteiger partial charge in [-0.3, -0.25) is 9.69 Å². The zero-order valence-electron chi connectivity index (χ0n) is 15.5. The molecule has 0 aliphatic carbocycles. The van der Waals surface area contributed by atoms with E-state index in [0.29, 0.717) is 5.69 Å². The molecule has 148 valence electrons. The van der Waals surface area contributed by atoms with Gasteiger partial charge in [0.15, 0.2) is 11.5 Å². The largest absolute Gasteiger partial charge is 0.586 e. The highest BCUT2D eigenvalue weighted by Gasteiger charge is 2.43. The highest BCUT2D eigenvalue weighted by Crippen LogP contribution is 2.42. The first-order chi connectivity index (χ1) is 13.4. The van der Waals surface area contributed by atoms with E-state index in [0.717, 1.165) is 26.2 Å². The number of ether oxygens (including phenoxy) is 2. The maximum atomic E-state index is 13.1. The number of anilines is 2. The van der Waals surface area contributed by atoms with Crippen molar-refractivity contribution in [2.24, 2.45) is 0 Å². The Morgan fingerprint density at radius 1 is 1.07 bits per heavy atom. The maximum absolute atomic E-state index is 13.1. The Kier molecular flexibility index (Phi) is 4.80. The molecule has 0 unspecified atom stereocenters. The van der Waals surface area contributed by atoms with Crippen molar-refractivity contribution in [2.45, 2.75) is 13.2 Å². The molecule has 4 rings (SSSR count). The van der Waals surface area contributed by atoms with Crippen molar-refractivity contribution in [2.75, 3.05) is 42.9 Å². The first kappa shape index (κ1) is 18.5. The normalized spacial score (nSPS) is 18.2. The molecule has 0 bridgehead atoms. The van der Waals surface area contributed by atoms with Crippen LogP contribution in [0.25, 0.3) is 0 Å². The molecule has 2 heterocycles. The minimum Gasteiger partial charge on any atom is -0.395 e. The van der Waals surface area contributed by atoms with Crippen LogP contribution in [-0.2, 0) is 4.79 Å². The van der Waals surface area contributed by atoms with Gasteiger partial charge >= 0.3 is 6.29 Å². The number of nitrogens with zero attached hydrogens (tertiary/aromatic N) is 2. The lowest BCUT2D eigenvalue weighted by Crippen LogP contribution is -2.48. The summed E-state index contributed by atoms with van der Waals surface area (Å²) in [4.78, 5) is 16.7. The van der Waals surface area contributed by atoms with Crippen molar-refractivity contribution >= 4 is 17.3 Å². The van der Waals surface area contributed by atoms with Crippen molar-refractivity contribution < 1.29 is 23.0 Å². The Morgan fingerprint density at radius 3 is 2.57 bits per heavy atom. The van der Waals surface area contributed by atoms with E-state index in [1.165, 1.54) is 29.4 Å². The second-order valence-corrected chi connectivity index (χ2v) is 6.98.